The van der Waals surface area contributed by atoms with Crippen molar-refractivity contribution < 1.29 is 33.6 Å². The van der Waals surface area contributed by atoms with Gasteiger partial charge in [-0.3, -0.25) is 9.59 Å². The number of hydrogen-bond acceptors (Lipinski definition) is 7. The Labute approximate surface area is 199 Å². The fraction of sp³-hybridized carbons (Fsp3) is 0.385. The number of methoxy groups -OCH3 is 3. The summed E-state index contributed by atoms with van der Waals surface area (Å²) in [6, 6.07) is 11.3. The van der Waals surface area contributed by atoms with Gasteiger partial charge >= 0.3 is 0 Å². The van der Waals surface area contributed by atoms with Crippen LogP contribution in [-0.4, -0.2) is 62.3 Å². The van der Waals surface area contributed by atoms with Crippen LogP contribution in [0.25, 0.3) is 5.76 Å². The van der Waals surface area contributed by atoms with Crippen molar-refractivity contribution >= 4 is 17.4 Å². The lowest BCUT2D eigenvalue weighted by molar-refractivity contribution is -0.140. The highest BCUT2D eigenvalue weighted by Crippen LogP contribution is 2.42. The predicted octanol–water partition coefficient (Wildman–Crippen LogP) is 3.95. The number of carbonyl (C=O) groups excluding carboxylic acids is 2. The Hall–Kier alpha value is -3.52. The highest BCUT2D eigenvalue weighted by molar-refractivity contribution is 6.46. The summed E-state index contributed by atoms with van der Waals surface area (Å²) in [6.07, 6.45) is 0.544. The fourth-order valence-electron chi connectivity index (χ4n) is 3.98. The molecule has 8 nitrogen and oxygen atoms in total. The van der Waals surface area contributed by atoms with E-state index in [9.17, 15) is 14.7 Å². The molecule has 0 spiro atoms. The van der Waals surface area contributed by atoms with Gasteiger partial charge in [-0.2, -0.15) is 0 Å². The largest absolute Gasteiger partial charge is 0.507 e. The van der Waals surface area contributed by atoms with Gasteiger partial charge in [-0.25, -0.2) is 0 Å². The summed E-state index contributed by atoms with van der Waals surface area (Å²) in [5.74, 6) is -0.258. The Bertz CT molecular complexity index is 1060. The van der Waals surface area contributed by atoms with E-state index < -0.39 is 17.7 Å². The molecule has 1 heterocycles. The molecule has 1 aliphatic heterocycles. The summed E-state index contributed by atoms with van der Waals surface area (Å²) in [5, 5.41) is 11.3. The number of carbonyl (C=O) groups is 2. The molecule has 8 heteroatoms. The normalized spacial score (nSPS) is 17.4. The number of likely N-dealkylation sites (tertiary alicyclic amines) is 1. The molecular weight excluding hydrogens is 438 g/mol. The SMILES string of the molecule is COCCCN1C(=O)C(=O)/C(=C(/O)c2cc(OC)ccc2OC)C1c1ccc(OC(C)C)cc1. The quantitative estimate of drug-likeness (QED) is 0.244. The molecule has 0 aliphatic carbocycles. The lowest BCUT2D eigenvalue weighted by atomic mass is 9.94. The molecule has 2 aromatic carbocycles. The molecule has 0 radical (unpaired) electrons. The topological polar surface area (TPSA) is 94.5 Å². The summed E-state index contributed by atoms with van der Waals surface area (Å²) in [7, 11) is 4.54. The van der Waals surface area contributed by atoms with E-state index in [1.807, 2.05) is 13.8 Å². The van der Waals surface area contributed by atoms with E-state index in [0.717, 1.165) is 0 Å². The van der Waals surface area contributed by atoms with Gasteiger partial charge in [0.2, 0.25) is 0 Å². The molecule has 34 heavy (non-hydrogen) atoms. The number of nitrogens with zero attached hydrogens (tertiary/aromatic N) is 1. The van der Waals surface area contributed by atoms with Gasteiger partial charge in [-0.15, -0.1) is 0 Å². The van der Waals surface area contributed by atoms with Crippen LogP contribution in [0.4, 0.5) is 0 Å². The molecule has 1 amide bonds. The van der Waals surface area contributed by atoms with E-state index in [1.54, 1.807) is 49.6 Å². The number of Topliss-reactive ketones (excluding diaryl/α,β-unsaturated/α-hetero) is 1. The lowest BCUT2D eigenvalue weighted by Crippen LogP contribution is -2.31. The maximum absolute atomic E-state index is 13.2. The summed E-state index contributed by atoms with van der Waals surface area (Å²) >= 11 is 0. The molecule has 1 saturated heterocycles. The van der Waals surface area contributed by atoms with Gasteiger partial charge in [0.1, 0.15) is 23.0 Å². The fourth-order valence-corrected chi connectivity index (χ4v) is 3.98. The van der Waals surface area contributed by atoms with Crippen molar-refractivity contribution in [2.75, 3.05) is 34.5 Å². The Morgan fingerprint density at radius 1 is 1.00 bits per heavy atom. The predicted molar refractivity (Wildman–Crippen MR) is 127 cm³/mol. The molecule has 3 rings (SSSR count). The summed E-state index contributed by atoms with van der Waals surface area (Å²) in [6.45, 7) is 4.58. The van der Waals surface area contributed by atoms with Crippen LogP contribution in [0, 0.1) is 0 Å². The average Bonchev–Trinajstić information content (AvgIpc) is 3.08. The van der Waals surface area contributed by atoms with Gasteiger partial charge < -0.3 is 29.0 Å². The molecule has 182 valence electrons. The molecule has 0 saturated carbocycles. The average molecular weight is 470 g/mol. The molecule has 1 N–H and O–H groups in total. The number of ether oxygens (including phenoxy) is 4. The van der Waals surface area contributed by atoms with Crippen molar-refractivity contribution in [3.05, 3.63) is 59.2 Å². The van der Waals surface area contributed by atoms with Crippen molar-refractivity contribution in [2.45, 2.75) is 32.4 Å². The summed E-state index contributed by atoms with van der Waals surface area (Å²) in [5.41, 5.74) is 0.934. The Kier molecular flexibility index (Phi) is 8.17. The van der Waals surface area contributed by atoms with Crippen LogP contribution in [-0.2, 0) is 14.3 Å². The van der Waals surface area contributed by atoms with Crippen molar-refractivity contribution in [1.82, 2.24) is 4.90 Å². The maximum atomic E-state index is 13.2. The first kappa shape index (κ1) is 25.1. The second kappa shape index (κ2) is 11.1. The van der Waals surface area contributed by atoms with Crippen molar-refractivity contribution in [3.63, 3.8) is 0 Å². The zero-order valence-electron chi connectivity index (χ0n) is 20.2. The van der Waals surface area contributed by atoms with Gasteiger partial charge in [0.25, 0.3) is 11.7 Å². The second-order valence-electron chi connectivity index (χ2n) is 8.14. The van der Waals surface area contributed by atoms with Crippen LogP contribution in [0.5, 0.6) is 17.2 Å². The van der Waals surface area contributed by atoms with E-state index in [-0.39, 0.29) is 23.0 Å². The third-order valence-corrected chi connectivity index (χ3v) is 5.52. The minimum absolute atomic E-state index is 0.00561. The third-order valence-electron chi connectivity index (χ3n) is 5.52. The van der Waals surface area contributed by atoms with Crippen LogP contribution < -0.4 is 14.2 Å². The smallest absolute Gasteiger partial charge is 0.295 e. The number of rotatable bonds is 10. The van der Waals surface area contributed by atoms with Gasteiger partial charge in [-0.05, 0) is 56.2 Å². The van der Waals surface area contributed by atoms with Crippen LogP contribution in [0.1, 0.15) is 37.4 Å². The van der Waals surface area contributed by atoms with Crippen LogP contribution in [0.15, 0.2) is 48.0 Å². The minimum Gasteiger partial charge on any atom is -0.507 e. The number of aliphatic hydroxyl groups is 1. The van der Waals surface area contributed by atoms with Crippen molar-refractivity contribution in [3.8, 4) is 17.2 Å². The summed E-state index contributed by atoms with van der Waals surface area (Å²) in [4.78, 5) is 27.7. The molecular formula is C26H31NO7. The van der Waals surface area contributed by atoms with Crippen LogP contribution in [0.3, 0.4) is 0 Å². The van der Waals surface area contributed by atoms with Crippen molar-refractivity contribution in [1.29, 1.82) is 0 Å². The lowest BCUT2D eigenvalue weighted by Gasteiger charge is -2.25. The Morgan fingerprint density at radius 3 is 2.26 bits per heavy atom. The first-order valence-electron chi connectivity index (χ1n) is 11.1. The number of aliphatic hydroxyl groups excluding tert-OH is 1. The molecule has 1 fully saturated rings. The van der Waals surface area contributed by atoms with Crippen molar-refractivity contribution in [2.24, 2.45) is 0 Å². The standard InChI is InChI=1S/C26H31NO7/c1-16(2)34-18-9-7-17(8-10-18)23-22(25(29)26(30)27(23)13-6-14-31-3)24(28)20-15-19(32-4)11-12-21(20)33-5/h7-12,15-16,23,28H,6,13-14H2,1-5H3/b24-22+. The maximum Gasteiger partial charge on any atom is 0.295 e. The highest BCUT2D eigenvalue weighted by atomic mass is 16.5. The molecule has 2 aromatic rings. The number of hydrogen-bond donors (Lipinski definition) is 1. The van der Waals surface area contributed by atoms with Gasteiger partial charge in [0.05, 0.1) is 37.5 Å². The van der Waals surface area contributed by atoms with E-state index >= 15 is 0 Å². The molecule has 1 aliphatic rings. The van der Waals surface area contributed by atoms with E-state index in [0.29, 0.717) is 42.4 Å². The number of benzene rings is 2. The Balaban J connectivity index is 2.15. The monoisotopic (exact) mass is 469 g/mol. The first-order valence-corrected chi connectivity index (χ1v) is 11.1. The van der Waals surface area contributed by atoms with Gasteiger partial charge in [0.15, 0.2) is 0 Å². The van der Waals surface area contributed by atoms with E-state index in [4.69, 9.17) is 18.9 Å². The third kappa shape index (κ3) is 5.17. The highest BCUT2D eigenvalue weighted by Gasteiger charge is 2.46. The minimum atomic E-state index is -0.777. The van der Waals surface area contributed by atoms with Crippen LogP contribution >= 0.6 is 0 Å². The molecule has 0 bridgehead atoms. The molecule has 1 unspecified atom stereocenters. The zero-order valence-corrected chi connectivity index (χ0v) is 20.2. The first-order chi connectivity index (χ1) is 16.3. The molecule has 0 aromatic heterocycles. The summed E-state index contributed by atoms with van der Waals surface area (Å²) < 4.78 is 21.5. The molecule has 1 atom stereocenters. The van der Waals surface area contributed by atoms with Crippen LogP contribution in [0.2, 0.25) is 0 Å². The zero-order chi connectivity index (χ0) is 24.8. The Morgan fingerprint density at radius 2 is 1.68 bits per heavy atom. The second-order valence-corrected chi connectivity index (χ2v) is 8.14. The van der Waals surface area contributed by atoms with E-state index in [2.05, 4.69) is 0 Å². The van der Waals surface area contributed by atoms with E-state index in [1.165, 1.54) is 19.1 Å². The number of amides is 1. The van der Waals surface area contributed by atoms with Gasteiger partial charge in [0, 0.05) is 20.3 Å². The number of ketones is 1. The van der Waals surface area contributed by atoms with Gasteiger partial charge in [-0.1, -0.05) is 12.1 Å².